The van der Waals surface area contributed by atoms with Crippen molar-refractivity contribution in [3.05, 3.63) is 52.0 Å². The van der Waals surface area contributed by atoms with Gasteiger partial charge in [-0.3, -0.25) is 0 Å². The molecule has 0 spiro atoms. The summed E-state index contributed by atoms with van der Waals surface area (Å²) in [4.78, 5) is 4.28. The van der Waals surface area contributed by atoms with Crippen LogP contribution >= 0.6 is 11.3 Å². The minimum absolute atomic E-state index is 0.00704. The molecule has 102 valence electrons. The summed E-state index contributed by atoms with van der Waals surface area (Å²) >= 11 is 1.52. The Bertz CT molecular complexity index is 494. The molecule has 0 aliphatic rings. The molecule has 1 N–H and O–H groups in total. The number of nitrogens with one attached hydrogen (secondary N) is 1. The average Bonchev–Trinajstić information content (AvgIpc) is 2.87. The molecule has 1 aromatic heterocycles. The van der Waals surface area contributed by atoms with E-state index >= 15 is 0 Å². The van der Waals surface area contributed by atoms with E-state index in [0.717, 1.165) is 24.7 Å². The van der Waals surface area contributed by atoms with E-state index in [1.54, 1.807) is 5.51 Å². The van der Waals surface area contributed by atoms with Crippen molar-refractivity contribution < 1.29 is 8.78 Å². The van der Waals surface area contributed by atoms with Crippen molar-refractivity contribution in [1.82, 2.24) is 10.3 Å². The first-order valence-electron chi connectivity index (χ1n) is 6.25. The van der Waals surface area contributed by atoms with Gasteiger partial charge in [0.1, 0.15) is 11.6 Å². The van der Waals surface area contributed by atoms with Gasteiger partial charge in [-0.1, -0.05) is 6.92 Å². The van der Waals surface area contributed by atoms with E-state index in [9.17, 15) is 8.78 Å². The van der Waals surface area contributed by atoms with Crippen molar-refractivity contribution in [2.75, 3.05) is 6.54 Å². The van der Waals surface area contributed by atoms with Crippen molar-refractivity contribution in [3.63, 3.8) is 0 Å². The van der Waals surface area contributed by atoms with E-state index in [4.69, 9.17) is 0 Å². The molecule has 0 radical (unpaired) electrons. The van der Waals surface area contributed by atoms with Crippen molar-refractivity contribution in [2.45, 2.75) is 25.8 Å². The van der Waals surface area contributed by atoms with Crippen LogP contribution < -0.4 is 5.32 Å². The van der Waals surface area contributed by atoms with Crippen LogP contribution in [0.3, 0.4) is 0 Å². The topological polar surface area (TPSA) is 24.9 Å². The predicted molar refractivity (Wildman–Crippen MR) is 73.2 cm³/mol. The summed E-state index contributed by atoms with van der Waals surface area (Å²) in [6.45, 7) is 2.92. The number of aromatic nitrogens is 1. The Labute approximate surface area is 115 Å². The van der Waals surface area contributed by atoms with Gasteiger partial charge in [0.05, 0.1) is 17.2 Å². The minimum Gasteiger partial charge on any atom is -0.308 e. The van der Waals surface area contributed by atoms with Crippen molar-refractivity contribution in [2.24, 2.45) is 0 Å². The molecule has 2 nitrogen and oxygen atoms in total. The largest absolute Gasteiger partial charge is 0.308 e. The zero-order valence-electron chi connectivity index (χ0n) is 10.7. The lowest BCUT2D eigenvalue weighted by Crippen LogP contribution is -2.24. The third kappa shape index (κ3) is 4.08. The first kappa shape index (κ1) is 14.1. The summed E-state index contributed by atoms with van der Waals surface area (Å²) in [7, 11) is 0. The number of hydrogen-bond donors (Lipinski definition) is 1. The summed E-state index contributed by atoms with van der Waals surface area (Å²) in [6, 6.07) is 3.62. The van der Waals surface area contributed by atoms with Crippen molar-refractivity contribution in [1.29, 1.82) is 0 Å². The van der Waals surface area contributed by atoms with E-state index in [1.165, 1.54) is 23.5 Å². The van der Waals surface area contributed by atoms with E-state index in [0.29, 0.717) is 12.0 Å². The molecule has 0 bridgehead atoms. The van der Waals surface area contributed by atoms with Gasteiger partial charge in [-0.2, -0.15) is 0 Å². The van der Waals surface area contributed by atoms with Crippen LogP contribution in [-0.2, 0) is 6.42 Å². The maximum atomic E-state index is 13.2. The van der Waals surface area contributed by atoms with E-state index in [2.05, 4.69) is 17.2 Å². The Morgan fingerprint density at radius 3 is 2.58 bits per heavy atom. The fourth-order valence-corrected chi connectivity index (χ4v) is 2.57. The zero-order valence-corrected chi connectivity index (χ0v) is 11.5. The Kier molecular flexibility index (Phi) is 4.99. The van der Waals surface area contributed by atoms with Gasteiger partial charge in [-0.25, -0.2) is 13.8 Å². The standard InChI is InChI=1S/C14H16F2N2S/c1-2-3-17-13(14-8-19-9-18-14)6-10-4-11(15)7-12(16)5-10/h4-5,7-9,13,17H,2-3,6H2,1H3. The van der Waals surface area contributed by atoms with Crippen LogP contribution in [0.5, 0.6) is 0 Å². The van der Waals surface area contributed by atoms with Crippen LogP contribution in [0, 0.1) is 11.6 Å². The van der Waals surface area contributed by atoms with Gasteiger partial charge >= 0.3 is 0 Å². The maximum absolute atomic E-state index is 13.2. The molecule has 1 heterocycles. The fraction of sp³-hybridized carbons (Fsp3) is 0.357. The summed E-state index contributed by atoms with van der Waals surface area (Å²) < 4.78 is 26.4. The number of hydrogen-bond acceptors (Lipinski definition) is 3. The third-order valence-electron chi connectivity index (χ3n) is 2.81. The number of rotatable bonds is 6. The highest BCUT2D eigenvalue weighted by atomic mass is 32.1. The molecule has 0 aliphatic heterocycles. The molecule has 1 unspecified atom stereocenters. The molecule has 1 aromatic carbocycles. The van der Waals surface area contributed by atoms with Gasteiger partial charge in [0, 0.05) is 11.4 Å². The van der Waals surface area contributed by atoms with Gasteiger partial charge < -0.3 is 5.32 Å². The molecule has 0 aliphatic carbocycles. The van der Waals surface area contributed by atoms with Crippen LogP contribution in [0.1, 0.15) is 30.6 Å². The smallest absolute Gasteiger partial charge is 0.126 e. The van der Waals surface area contributed by atoms with Crippen LogP contribution in [0.25, 0.3) is 0 Å². The molecular weight excluding hydrogens is 266 g/mol. The SMILES string of the molecule is CCCNC(Cc1cc(F)cc(F)c1)c1cscn1. The molecular formula is C14H16F2N2S. The quantitative estimate of drug-likeness (QED) is 0.873. The highest BCUT2D eigenvalue weighted by Crippen LogP contribution is 2.20. The number of benzene rings is 1. The van der Waals surface area contributed by atoms with E-state index in [1.807, 2.05) is 5.38 Å². The molecule has 0 saturated heterocycles. The van der Waals surface area contributed by atoms with Crippen LogP contribution in [0.15, 0.2) is 29.1 Å². The Morgan fingerprint density at radius 2 is 2.00 bits per heavy atom. The Hall–Kier alpha value is -1.33. The van der Waals surface area contributed by atoms with Crippen LogP contribution in [0.2, 0.25) is 0 Å². The maximum Gasteiger partial charge on any atom is 0.126 e. The van der Waals surface area contributed by atoms with Gasteiger partial charge in [0.15, 0.2) is 0 Å². The molecule has 0 fully saturated rings. The summed E-state index contributed by atoms with van der Waals surface area (Å²) in [5.74, 6) is -1.08. The molecule has 5 heteroatoms. The number of nitrogens with zero attached hydrogens (tertiary/aromatic N) is 1. The fourth-order valence-electron chi connectivity index (χ4n) is 1.96. The molecule has 0 saturated carbocycles. The minimum atomic E-state index is -0.539. The third-order valence-corrected chi connectivity index (χ3v) is 3.42. The molecule has 2 rings (SSSR count). The molecule has 2 aromatic rings. The van der Waals surface area contributed by atoms with Crippen molar-refractivity contribution >= 4 is 11.3 Å². The number of halogens is 2. The van der Waals surface area contributed by atoms with Crippen LogP contribution in [0.4, 0.5) is 8.78 Å². The lowest BCUT2D eigenvalue weighted by atomic mass is 10.0. The highest BCUT2D eigenvalue weighted by molar-refractivity contribution is 7.07. The highest BCUT2D eigenvalue weighted by Gasteiger charge is 2.14. The van der Waals surface area contributed by atoms with E-state index in [-0.39, 0.29) is 6.04 Å². The predicted octanol–water partition coefficient (Wildman–Crippen LogP) is 3.70. The number of thiazole rings is 1. The van der Waals surface area contributed by atoms with Gasteiger partial charge in [0.25, 0.3) is 0 Å². The van der Waals surface area contributed by atoms with Gasteiger partial charge in [0.2, 0.25) is 0 Å². The second-order valence-corrected chi connectivity index (χ2v) is 5.12. The first-order chi connectivity index (χ1) is 9.19. The Balaban J connectivity index is 2.15. The van der Waals surface area contributed by atoms with Gasteiger partial charge in [-0.05, 0) is 37.1 Å². The van der Waals surface area contributed by atoms with Crippen LogP contribution in [-0.4, -0.2) is 11.5 Å². The molecule has 0 amide bonds. The lowest BCUT2D eigenvalue weighted by molar-refractivity contribution is 0.514. The van der Waals surface area contributed by atoms with Gasteiger partial charge in [-0.15, -0.1) is 11.3 Å². The molecule has 1 atom stereocenters. The summed E-state index contributed by atoms with van der Waals surface area (Å²) in [6.07, 6.45) is 1.52. The second kappa shape index (κ2) is 6.73. The first-order valence-corrected chi connectivity index (χ1v) is 7.19. The second-order valence-electron chi connectivity index (χ2n) is 4.40. The Morgan fingerprint density at radius 1 is 1.26 bits per heavy atom. The molecule has 19 heavy (non-hydrogen) atoms. The average molecular weight is 282 g/mol. The zero-order chi connectivity index (χ0) is 13.7. The van der Waals surface area contributed by atoms with Crippen molar-refractivity contribution in [3.8, 4) is 0 Å². The van der Waals surface area contributed by atoms with E-state index < -0.39 is 11.6 Å². The summed E-state index contributed by atoms with van der Waals surface area (Å²) in [5.41, 5.74) is 3.32. The lowest BCUT2D eigenvalue weighted by Gasteiger charge is -2.16. The monoisotopic (exact) mass is 282 g/mol. The normalized spacial score (nSPS) is 12.6. The summed E-state index contributed by atoms with van der Waals surface area (Å²) in [5, 5.41) is 5.32.